The van der Waals surface area contributed by atoms with Gasteiger partial charge in [-0.3, -0.25) is 9.59 Å². The molecule has 0 spiro atoms. The Balaban J connectivity index is 1.24. The van der Waals surface area contributed by atoms with E-state index in [9.17, 15) is 24.3 Å². The number of thioether (sulfide) groups is 1. The summed E-state index contributed by atoms with van der Waals surface area (Å²) in [6.07, 6.45) is 0.650. The normalized spacial score (nSPS) is 21.6. The van der Waals surface area contributed by atoms with E-state index < -0.39 is 52.1 Å². The fourth-order valence-electron chi connectivity index (χ4n) is 4.91. The lowest BCUT2D eigenvalue weighted by Crippen LogP contribution is -2.71. The summed E-state index contributed by atoms with van der Waals surface area (Å²) < 4.78 is 6.28. The van der Waals surface area contributed by atoms with Crippen molar-refractivity contribution in [3.05, 3.63) is 83.7 Å². The largest absolute Gasteiger partial charge is 0.480 e. The Labute approximate surface area is 234 Å². The average molecular weight is 565 g/mol. The number of alkyl carbamates (subject to hydrolysis) is 1. The summed E-state index contributed by atoms with van der Waals surface area (Å²) in [7, 11) is 0. The summed E-state index contributed by atoms with van der Waals surface area (Å²) in [6.45, 7) is 3.83. The maximum absolute atomic E-state index is 13.4. The molecule has 0 radical (unpaired) electrons. The zero-order chi connectivity index (χ0) is 28.4. The predicted molar refractivity (Wildman–Crippen MR) is 144 cm³/mol. The Morgan fingerprint density at radius 2 is 1.77 bits per heavy atom. The molecule has 1 aromatic heterocycles. The number of hydrogen-bond donors (Lipinski definition) is 3. The van der Waals surface area contributed by atoms with Gasteiger partial charge in [0.25, 0.3) is 0 Å². The molecule has 5 rings (SSSR count). The molecule has 4 atom stereocenters. The number of aliphatic carboxylic acids is 1. The standard InChI is InChI=1S/C27H28N6O6S/c1-27(2)21(25(36)37)33-23(35)20(24(33)40-27)29-22(34)19(17-11-7-4-8-12-17)30-26(38)39-15-18-13-28-31-32(18)14-16-9-5-3-6-10-16/h3-13,19-21,24H,14-15H2,1-2H3,(H,29,34)(H,30,38)(H,36,37)/t19-,20-,21+,24-/m1/s1. The number of nitrogens with zero attached hydrogens (tertiary/aromatic N) is 4. The number of carboxylic acid groups (broad SMARTS) is 1. The first-order valence-corrected chi connectivity index (χ1v) is 13.5. The third-order valence-electron chi connectivity index (χ3n) is 6.85. The Hall–Kier alpha value is -4.39. The van der Waals surface area contributed by atoms with Crippen molar-refractivity contribution in [1.82, 2.24) is 30.5 Å². The Kier molecular flexibility index (Phi) is 7.48. The van der Waals surface area contributed by atoms with Crippen LogP contribution in [0.1, 0.15) is 36.7 Å². The van der Waals surface area contributed by atoms with Crippen molar-refractivity contribution in [3.63, 3.8) is 0 Å². The van der Waals surface area contributed by atoms with E-state index in [0.29, 0.717) is 17.8 Å². The molecule has 2 fully saturated rings. The number of carbonyl (C=O) groups is 4. The van der Waals surface area contributed by atoms with E-state index in [1.807, 2.05) is 30.3 Å². The summed E-state index contributed by atoms with van der Waals surface area (Å²) in [5.74, 6) is -2.18. The van der Waals surface area contributed by atoms with Gasteiger partial charge in [0.05, 0.1) is 18.4 Å². The predicted octanol–water partition coefficient (Wildman–Crippen LogP) is 1.93. The first kappa shape index (κ1) is 27.2. The molecular formula is C27H28N6O6S. The number of carboxylic acids is 1. The molecule has 2 saturated heterocycles. The van der Waals surface area contributed by atoms with Gasteiger partial charge < -0.3 is 25.4 Å². The number of amides is 3. The van der Waals surface area contributed by atoms with Gasteiger partial charge in [-0.25, -0.2) is 14.3 Å². The Morgan fingerprint density at radius 1 is 1.10 bits per heavy atom. The van der Waals surface area contributed by atoms with Gasteiger partial charge in [-0.2, -0.15) is 0 Å². The second kappa shape index (κ2) is 11.0. The van der Waals surface area contributed by atoms with Crippen LogP contribution in [0.4, 0.5) is 4.79 Å². The topological polar surface area (TPSA) is 156 Å². The third-order valence-corrected chi connectivity index (χ3v) is 8.43. The van der Waals surface area contributed by atoms with Gasteiger partial charge in [-0.05, 0) is 25.0 Å². The van der Waals surface area contributed by atoms with Gasteiger partial charge in [0, 0.05) is 4.75 Å². The van der Waals surface area contributed by atoms with E-state index in [4.69, 9.17) is 4.74 Å². The molecule has 2 aliphatic rings. The van der Waals surface area contributed by atoms with E-state index in [0.717, 1.165) is 5.56 Å². The number of hydrogen-bond acceptors (Lipinski definition) is 8. The monoisotopic (exact) mass is 564 g/mol. The minimum Gasteiger partial charge on any atom is -0.480 e. The number of benzene rings is 2. The van der Waals surface area contributed by atoms with Gasteiger partial charge >= 0.3 is 12.1 Å². The summed E-state index contributed by atoms with van der Waals surface area (Å²) in [6, 6.07) is 15.1. The van der Waals surface area contributed by atoms with Crippen LogP contribution in [-0.4, -0.2) is 71.1 Å². The van der Waals surface area contributed by atoms with Crippen molar-refractivity contribution in [3.8, 4) is 0 Å². The highest BCUT2D eigenvalue weighted by atomic mass is 32.2. The van der Waals surface area contributed by atoms with E-state index in [1.165, 1.54) is 22.9 Å². The number of carbonyl (C=O) groups excluding carboxylic acids is 3. The molecule has 40 heavy (non-hydrogen) atoms. The molecule has 0 saturated carbocycles. The summed E-state index contributed by atoms with van der Waals surface area (Å²) in [5.41, 5.74) is 2.05. The van der Waals surface area contributed by atoms with Gasteiger partial charge in [-0.15, -0.1) is 16.9 Å². The van der Waals surface area contributed by atoms with Crippen molar-refractivity contribution in [1.29, 1.82) is 0 Å². The highest BCUT2D eigenvalue weighted by Gasteiger charge is 2.64. The van der Waals surface area contributed by atoms with Gasteiger partial charge in [0.1, 0.15) is 30.1 Å². The highest BCUT2D eigenvalue weighted by Crippen LogP contribution is 2.50. The molecule has 0 bridgehead atoms. The summed E-state index contributed by atoms with van der Waals surface area (Å²) in [4.78, 5) is 52.1. The second-order valence-corrected chi connectivity index (χ2v) is 11.8. The molecule has 3 N–H and O–H groups in total. The zero-order valence-electron chi connectivity index (χ0n) is 21.8. The van der Waals surface area contributed by atoms with Gasteiger partial charge in [0.2, 0.25) is 11.8 Å². The molecule has 3 aromatic rings. The average Bonchev–Trinajstić information content (AvgIpc) is 3.48. The molecule has 208 valence electrons. The Bertz CT molecular complexity index is 1420. The van der Waals surface area contributed by atoms with Crippen LogP contribution in [0.15, 0.2) is 66.9 Å². The first-order valence-electron chi connectivity index (χ1n) is 12.6. The molecule has 2 aromatic carbocycles. The van der Waals surface area contributed by atoms with Crippen molar-refractivity contribution in [2.75, 3.05) is 0 Å². The summed E-state index contributed by atoms with van der Waals surface area (Å²) in [5, 5.41) is 22.4. The maximum atomic E-state index is 13.4. The van der Waals surface area contributed by atoms with Crippen molar-refractivity contribution in [2.45, 2.75) is 55.2 Å². The van der Waals surface area contributed by atoms with E-state index in [2.05, 4.69) is 20.9 Å². The van der Waals surface area contributed by atoms with Crippen LogP contribution in [-0.2, 0) is 32.3 Å². The van der Waals surface area contributed by atoms with Crippen LogP contribution in [0.2, 0.25) is 0 Å². The fourth-order valence-corrected chi connectivity index (χ4v) is 6.53. The number of aromatic nitrogens is 3. The van der Waals surface area contributed by atoms with Crippen molar-refractivity contribution >= 4 is 35.6 Å². The van der Waals surface area contributed by atoms with Crippen LogP contribution in [0.25, 0.3) is 0 Å². The number of ether oxygens (including phenoxy) is 1. The lowest BCUT2D eigenvalue weighted by molar-refractivity contribution is -0.161. The third kappa shape index (κ3) is 5.37. The van der Waals surface area contributed by atoms with Crippen LogP contribution in [0, 0.1) is 0 Å². The smallest absolute Gasteiger partial charge is 0.408 e. The SMILES string of the molecule is CC1(C)S[C@@H]2[C@H](NC(=O)[C@H](NC(=O)OCc3cnnn3Cc3ccccc3)c3ccccc3)C(=O)N2[C@H]1C(=O)O. The minimum atomic E-state index is -1.16. The zero-order valence-corrected chi connectivity index (χ0v) is 22.6. The first-order chi connectivity index (χ1) is 19.2. The number of β-lactam (4-membered cyclic amide) rings is 1. The second-order valence-electron chi connectivity index (χ2n) is 10.0. The molecule has 12 nitrogen and oxygen atoms in total. The fraction of sp³-hybridized carbons (Fsp3) is 0.333. The molecule has 3 heterocycles. The molecule has 2 aliphatic heterocycles. The minimum absolute atomic E-state index is 0.130. The van der Waals surface area contributed by atoms with E-state index >= 15 is 0 Å². The lowest BCUT2D eigenvalue weighted by atomic mass is 9.95. The van der Waals surface area contributed by atoms with Crippen LogP contribution in [0.5, 0.6) is 0 Å². The van der Waals surface area contributed by atoms with Crippen LogP contribution >= 0.6 is 11.8 Å². The van der Waals surface area contributed by atoms with Gasteiger partial charge in [-0.1, -0.05) is 65.9 Å². The highest BCUT2D eigenvalue weighted by molar-refractivity contribution is 8.01. The number of nitrogens with one attached hydrogen (secondary N) is 2. The van der Waals surface area contributed by atoms with E-state index in [1.54, 1.807) is 48.9 Å². The number of rotatable bonds is 9. The number of fused-ring (bicyclic) bond motifs is 1. The van der Waals surface area contributed by atoms with Crippen LogP contribution in [0.3, 0.4) is 0 Å². The van der Waals surface area contributed by atoms with Crippen molar-refractivity contribution < 1.29 is 29.0 Å². The molecule has 13 heteroatoms. The quantitative estimate of drug-likeness (QED) is 0.331. The molecule has 0 aliphatic carbocycles. The van der Waals surface area contributed by atoms with Gasteiger partial charge in [0.15, 0.2) is 0 Å². The van der Waals surface area contributed by atoms with E-state index in [-0.39, 0.29) is 6.61 Å². The summed E-state index contributed by atoms with van der Waals surface area (Å²) >= 11 is 1.32. The molecular weight excluding hydrogens is 536 g/mol. The maximum Gasteiger partial charge on any atom is 0.408 e. The van der Waals surface area contributed by atoms with Crippen LogP contribution < -0.4 is 10.6 Å². The molecule has 3 amide bonds. The Morgan fingerprint density at radius 3 is 2.45 bits per heavy atom. The molecule has 0 unspecified atom stereocenters. The lowest BCUT2D eigenvalue weighted by Gasteiger charge is -2.43. The van der Waals surface area contributed by atoms with Crippen molar-refractivity contribution in [2.24, 2.45) is 0 Å².